The van der Waals surface area contributed by atoms with Crippen molar-refractivity contribution in [1.82, 2.24) is 0 Å². The van der Waals surface area contributed by atoms with Crippen molar-refractivity contribution in [1.29, 1.82) is 0 Å². The number of nitrogens with two attached hydrogens (primary N) is 1. The molecule has 0 amide bonds. The Kier molecular flexibility index (Phi) is 27.9. The van der Waals surface area contributed by atoms with Gasteiger partial charge in [-0.05, 0) is 25.8 Å². The first-order valence-electron chi connectivity index (χ1n) is 20.0. The third-order valence-electron chi connectivity index (χ3n) is 9.26. The summed E-state index contributed by atoms with van der Waals surface area (Å²) in [6.07, 6.45) is 2.96. The molecule has 338 valence electrons. The van der Waals surface area contributed by atoms with Crippen LogP contribution in [-0.2, 0) is 50.9 Å². The second-order valence-corrected chi connectivity index (χ2v) is 18.2. The molecule has 1 fully saturated rings. The van der Waals surface area contributed by atoms with Gasteiger partial charge >= 0.3 is 35.4 Å². The highest BCUT2D eigenvalue weighted by molar-refractivity contribution is 7.47. The molecule has 1 aliphatic rings. The zero-order chi connectivity index (χ0) is 42.9. The Labute approximate surface area is 335 Å². The number of unbranched alkanes of at least 4 members (excludes halogenated alkanes) is 17. The van der Waals surface area contributed by atoms with Crippen LogP contribution in [0, 0.1) is 0 Å². The third-order valence-corrected chi connectivity index (χ3v) is 11.3. The van der Waals surface area contributed by atoms with Gasteiger partial charge in [0.1, 0.15) is 43.2 Å². The highest BCUT2D eigenvalue weighted by Crippen LogP contribution is 2.51. The van der Waals surface area contributed by atoms with Crippen LogP contribution in [-0.4, -0.2) is 114 Å². The molecule has 0 spiro atoms. The van der Waals surface area contributed by atoms with Gasteiger partial charge in [-0.2, -0.15) is 0 Å². The molecule has 0 aromatic carbocycles. The number of rotatable bonds is 34. The van der Waals surface area contributed by atoms with E-state index >= 15 is 0 Å². The molecule has 57 heavy (non-hydrogen) atoms. The van der Waals surface area contributed by atoms with Crippen LogP contribution in [0.5, 0.6) is 0 Å². The SMILES string of the molecule is CCCCCCCCCCCCCCCC(=O)O[C@H](COC(=O)CCCCCCCCN)COP(=O)(O)OC1C(O)[C@H](OP(=O)(O)O)C(O)[C@H](OP(=O)(O)O)[C@@H]1O. The fraction of sp³-hybridized carbons (Fsp3) is 0.941. The average molecular weight is 888 g/mol. The molecule has 23 heteroatoms. The summed E-state index contributed by atoms with van der Waals surface area (Å²) in [5, 5.41) is 31.7. The fourth-order valence-electron chi connectivity index (χ4n) is 6.25. The summed E-state index contributed by atoms with van der Waals surface area (Å²) in [5.41, 5.74) is 5.49. The summed E-state index contributed by atoms with van der Waals surface area (Å²) in [6, 6.07) is 0. The topological polar surface area (TPSA) is 329 Å². The molecule has 10 N–H and O–H groups in total. The lowest BCUT2D eigenvalue weighted by atomic mass is 9.85. The molecule has 0 heterocycles. The number of esters is 2. The quantitative estimate of drug-likeness (QED) is 0.0249. The Bertz CT molecular complexity index is 1210. The first kappa shape index (κ1) is 54.1. The van der Waals surface area contributed by atoms with Gasteiger partial charge in [0, 0.05) is 12.8 Å². The maximum atomic E-state index is 13.0. The van der Waals surface area contributed by atoms with E-state index < -0.39 is 91.3 Å². The standard InChI is InChI=1S/C34H68NO19P3/c1-2-3-4-5-6-7-8-9-10-11-12-16-19-22-28(37)51-26(24-49-27(36)21-18-15-13-14-17-20-23-35)25-50-57(47,48)54-34-30(39)32(52-55(41,42)43)29(38)33(31(34)40)53-56(44,45)46/h26,29-34,38-40H,2-25,35H2,1H3,(H,47,48)(H2,41,42,43)(H2,44,45,46)/t26-,29?,30+,31?,32+,33-,34?/m1/s1. The van der Waals surface area contributed by atoms with Gasteiger partial charge in [0.05, 0.1) is 6.61 Å². The van der Waals surface area contributed by atoms with Crippen molar-refractivity contribution in [2.75, 3.05) is 19.8 Å². The van der Waals surface area contributed by atoms with E-state index in [0.717, 1.165) is 64.2 Å². The molecule has 0 aliphatic heterocycles. The van der Waals surface area contributed by atoms with E-state index in [2.05, 4.69) is 16.0 Å². The Hall–Kier alpha value is -0.890. The number of phosphoric ester groups is 3. The molecule has 20 nitrogen and oxygen atoms in total. The molecule has 8 atom stereocenters. The second-order valence-electron chi connectivity index (χ2n) is 14.4. The van der Waals surface area contributed by atoms with Gasteiger partial charge in [-0.1, -0.05) is 110 Å². The summed E-state index contributed by atoms with van der Waals surface area (Å²) in [6.45, 7) is 1.29. The molecule has 0 saturated heterocycles. The van der Waals surface area contributed by atoms with E-state index in [9.17, 15) is 63.1 Å². The number of aliphatic hydroxyl groups excluding tert-OH is 3. The lowest BCUT2D eigenvalue weighted by Crippen LogP contribution is -2.65. The summed E-state index contributed by atoms with van der Waals surface area (Å²) in [5.74, 6) is -1.34. The zero-order valence-corrected chi connectivity index (χ0v) is 35.7. The number of carbonyl (C=O) groups excluding carboxylic acids is 2. The zero-order valence-electron chi connectivity index (χ0n) is 33.0. The van der Waals surface area contributed by atoms with Crippen LogP contribution in [0.1, 0.15) is 142 Å². The molecular weight excluding hydrogens is 819 g/mol. The Morgan fingerprint density at radius 2 is 0.912 bits per heavy atom. The van der Waals surface area contributed by atoms with Crippen molar-refractivity contribution >= 4 is 35.4 Å². The van der Waals surface area contributed by atoms with E-state index in [-0.39, 0.29) is 12.8 Å². The maximum Gasteiger partial charge on any atom is 0.472 e. The molecule has 1 saturated carbocycles. The van der Waals surface area contributed by atoms with Crippen molar-refractivity contribution in [3.8, 4) is 0 Å². The Morgan fingerprint density at radius 1 is 0.544 bits per heavy atom. The molecule has 0 bridgehead atoms. The Balaban J connectivity index is 2.83. The predicted molar refractivity (Wildman–Crippen MR) is 205 cm³/mol. The van der Waals surface area contributed by atoms with Gasteiger partial charge in [0.25, 0.3) is 0 Å². The second kappa shape index (κ2) is 29.4. The minimum atomic E-state index is -5.54. The van der Waals surface area contributed by atoms with Crippen molar-refractivity contribution in [3.63, 3.8) is 0 Å². The summed E-state index contributed by atoms with van der Waals surface area (Å²) >= 11 is 0. The lowest BCUT2D eigenvalue weighted by molar-refractivity contribution is -0.213. The number of carbonyl (C=O) groups is 2. The summed E-state index contributed by atoms with van der Waals surface area (Å²) < 4.78 is 65.0. The van der Waals surface area contributed by atoms with Crippen LogP contribution in [0.15, 0.2) is 0 Å². The maximum absolute atomic E-state index is 13.0. The molecule has 0 radical (unpaired) electrons. The predicted octanol–water partition coefficient (Wildman–Crippen LogP) is 4.17. The van der Waals surface area contributed by atoms with Gasteiger partial charge in [0.2, 0.25) is 0 Å². The highest BCUT2D eigenvalue weighted by Gasteiger charge is 2.56. The number of ether oxygens (including phenoxy) is 2. The minimum absolute atomic E-state index is 0.00957. The van der Waals surface area contributed by atoms with Crippen LogP contribution >= 0.6 is 23.5 Å². The fourth-order valence-corrected chi connectivity index (χ4v) is 8.35. The van der Waals surface area contributed by atoms with E-state index in [1.165, 1.54) is 44.9 Å². The molecule has 4 unspecified atom stereocenters. The number of hydrogen-bond acceptors (Lipinski definition) is 15. The smallest absolute Gasteiger partial charge is 0.462 e. The minimum Gasteiger partial charge on any atom is -0.462 e. The lowest BCUT2D eigenvalue weighted by Gasteiger charge is -2.44. The Morgan fingerprint density at radius 3 is 1.32 bits per heavy atom. The van der Waals surface area contributed by atoms with Gasteiger partial charge < -0.3 is 55.0 Å². The molecule has 0 aromatic heterocycles. The van der Waals surface area contributed by atoms with Gasteiger partial charge in [0.15, 0.2) is 6.10 Å². The number of phosphoric acid groups is 3. The summed E-state index contributed by atoms with van der Waals surface area (Å²) in [7, 11) is -16.6. The highest BCUT2D eigenvalue weighted by atomic mass is 31.2. The van der Waals surface area contributed by atoms with E-state index in [4.69, 9.17) is 24.3 Å². The van der Waals surface area contributed by atoms with E-state index in [1.807, 2.05) is 0 Å². The normalized spacial score (nSPS) is 23.2. The van der Waals surface area contributed by atoms with Gasteiger partial charge in [-0.25, -0.2) is 13.7 Å². The van der Waals surface area contributed by atoms with E-state index in [0.29, 0.717) is 19.4 Å². The number of aliphatic hydroxyl groups is 3. The van der Waals surface area contributed by atoms with Crippen molar-refractivity contribution < 1.29 is 90.6 Å². The van der Waals surface area contributed by atoms with Crippen LogP contribution in [0.2, 0.25) is 0 Å². The van der Waals surface area contributed by atoms with Crippen LogP contribution < -0.4 is 5.73 Å². The van der Waals surface area contributed by atoms with Crippen LogP contribution in [0.4, 0.5) is 0 Å². The van der Waals surface area contributed by atoms with Gasteiger partial charge in [-0.15, -0.1) is 0 Å². The largest absolute Gasteiger partial charge is 0.472 e. The summed E-state index contributed by atoms with van der Waals surface area (Å²) in [4.78, 5) is 72.6. The van der Waals surface area contributed by atoms with Gasteiger partial charge in [-0.3, -0.25) is 27.7 Å². The van der Waals surface area contributed by atoms with Crippen LogP contribution in [0.25, 0.3) is 0 Å². The van der Waals surface area contributed by atoms with E-state index in [1.54, 1.807) is 0 Å². The first-order chi connectivity index (χ1) is 26.8. The first-order valence-corrected chi connectivity index (χ1v) is 24.6. The molecule has 1 aliphatic carbocycles. The molecule has 1 rings (SSSR count). The molecule has 0 aromatic rings. The third kappa shape index (κ3) is 26.1. The molecular formula is C34H68NO19P3. The number of hydrogen-bond donors (Lipinski definition) is 9. The van der Waals surface area contributed by atoms with Crippen molar-refractivity contribution in [2.45, 2.75) is 184 Å². The van der Waals surface area contributed by atoms with Crippen molar-refractivity contribution in [2.24, 2.45) is 5.73 Å². The van der Waals surface area contributed by atoms with Crippen molar-refractivity contribution in [3.05, 3.63) is 0 Å². The average Bonchev–Trinajstić information content (AvgIpc) is 3.12. The van der Waals surface area contributed by atoms with Crippen LogP contribution in [0.3, 0.4) is 0 Å². The monoisotopic (exact) mass is 887 g/mol.